The average Bonchev–Trinajstić information content (AvgIpc) is 2.74. The van der Waals surface area contributed by atoms with Crippen LogP contribution in [-0.2, 0) is 0 Å². The molecule has 0 bridgehead atoms. The maximum atomic E-state index is 13.4. The molecule has 2 aromatic rings. The minimum Gasteiger partial charge on any atom is -0.301 e. The van der Waals surface area contributed by atoms with E-state index in [0.717, 1.165) is 50.5 Å². The number of benzene rings is 2. The van der Waals surface area contributed by atoms with Crippen LogP contribution in [0.2, 0.25) is 0 Å². The Morgan fingerprint density at radius 2 is 1.52 bits per heavy atom. The number of likely N-dealkylation sites (N-methyl/N-ethyl adjacent to an activating group) is 1. The van der Waals surface area contributed by atoms with Gasteiger partial charge in [0.25, 0.3) is 5.91 Å². The highest BCUT2D eigenvalue weighted by Gasteiger charge is 2.37. The van der Waals surface area contributed by atoms with Crippen LogP contribution in [0.3, 0.4) is 0 Å². The number of fused-ring (bicyclic) bond motifs is 1. The molecule has 0 radical (unpaired) electrons. The largest absolute Gasteiger partial charge is 0.301 e. The molecule has 0 unspecified atom stereocenters. The normalized spacial score (nSPS) is 19.6. The highest BCUT2D eigenvalue weighted by atomic mass is 16.2. The van der Waals surface area contributed by atoms with Gasteiger partial charge in [-0.05, 0) is 44.2 Å². The molecule has 1 fully saturated rings. The quantitative estimate of drug-likeness (QED) is 0.786. The topological polar surface area (TPSA) is 26.8 Å². The molecule has 2 aliphatic rings. The van der Waals surface area contributed by atoms with Gasteiger partial charge in [-0.1, -0.05) is 49.4 Å². The van der Waals surface area contributed by atoms with Gasteiger partial charge in [0.2, 0.25) is 0 Å². The molecule has 0 N–H and O–H groups in total. The van der Waals surface area contributed by atoms with Gasteiger partial charge in [-0.25, -0.2) is 0 Å². The molecule has 2 aliphatic heterocycles. The van der Waals surface area contributed by atoms with Gasteiger partial charge < -0.3 is 4.90 Å². The second-order valence-corrected chi connectivity index (χ2v) is 8.56. The Hall–Kier alpha value is -2.43. The van der Waals surface area contributed by atoms with E-state index in [1.54, 1.807) is 0 Å². The Morgan fingerprint density at radius 1 is 0.897 bits per heavy atom. The van der Waals surface area contributed by atoms with Gasteiger partial charge in [0.15, 0.2) is 0 Å². The molecule has 0 saturated carbocycles. The van der Waals surface area contributed by atoms with E-state index in [4.69, 9.17) is 0 Å². The summed E-state index contributed by atoms with van der Waals surface area (Å²) in [6, 6.07) is 17.9. The highest BCUT2D eigenvalue weighted by molar-refractivity contribution is 6.10. The lowest BCUT2D eigenvalue weighted by atomic mass is 9.87. The molecule has 4 nitrogen and oxygen atoms in total. The van der Waals surface area contributed by atoms with Crippen molar-refractivity contribution >= 4 is 17.2 Å². The number of para-hydroxylation sites is 1. The van der Waals surface area contributed by atoms with E-state index in [2.05, 4.69) is 54.8 Å². The van der Waals surface area contributed by atoms with Gasteiger partial charge in [-0.2, -0.15) is 0 Å². The van der Waals surface area contributed by atoms with E-state index in [-0.39, 0.29) is 11.4 Å². The second kappa shape index (κ2) is 8.13. The minimum atomic E-state index is -0.387. The maximum Gasteiger partial charge on any atom is 0.259 e. The van der Waals surface area contributed by atoms with E-state index in [0.29, 0.717) is 0 Å². The highest BCUT2D eigenvalue weighted by Crippen LogP contribution is 2.40. The molecule has 0 aromatic heterocycles. The lowest BCUT2D eigenvalue weighted by Gasteiger charge is -2.43. The lowest BCUT2D eigenvalue weighted by molar-refractivity contribution is 0.0970. The number of rotatable bonds is 4. The first-order valence-electron chi connectivity index (χ1n) is 10.6. The third-order valence-corrected chi connectivity index (χ3v) is 6.12. The molecule has 4 rings (SSSR count). The summed E-state index contributed by atoms with van der Waals surface area (Å²) in [6.07, 6.45) is 2.29. The molecule has 2 aromatic carbocycles. The first kappa shape index (κ1) is 19.9. The van der Waals surface area contributed by atoms with Gasteiger partial charge in [0, 0.05) is 43.9 Å². The van der Waals surface area contributed by atoms with Gasteiger partial charge in [-0.3, -0.25) is 14.6 Å². The van der Waals surface area contributed by atoms with E-state index < -0.39 is 0 Å². The monoisotopic (exact) mass is 389 g/mol. The molecule has 0 spiro atoms. The van der Waals surface area contributed by atoms with Crippen molar-refractivity contribution in [2.45, 2.75) is 26.3 Å². The average molecular weight is 390 g/mol. The number of hydrogen-bond acceptors (Lipinski definition) is 3. The fourth-order valence-electron chi connectivity index (χ4n) is 4.54. The zero-order valence-electron chi connectivity index (χ0n) is 17.8. The van der Waals surface area contributed by atoms with Crippen LogP contribution < -0.4 is 4.90 Å². The van der Waals surface area contributed by atoms with E-state index in [1.165, 1.54) is 11.1 Å². The van der Waals surface area contributed by atoms with Gasteiger partial charge >= 0.3 is 0 Å². The zero-order chi connectivity index (χ0) is 20.4. The maximum absolute atomic E-state index is 13.4. The molecular weight excluding hydrogens is 358 g/mol. The molecule has 4 heteroatoms. The zero-order valence-corrected chi connectivity index (χ0v) is 17.8. The summed E-state index contributed by atoms with van der Waals surface area (Å²) in [5.74, 6) is 0.0508. The molecule has 1 amide bonds. The number of carbonyl (C=O) groups excluding carboxylic acids is 1. The Bertz CT molecular complexity index is 895. The van der Waals surface area contributed by atoms with Crippen LogP contribution in [0, 0.1) is 0 Å². The van der Waals surface area contributed by atoms with Crippen molar-refractivity contribution in [1.82, 2.24) is 9.80 Å². The van der Waals surface area contributed by atoms with Crippen molar-refractivity contribution in [2.24, 2.45) is 0 Å². The van der Waals surface area contributed by atoms with Crippen molar-refractivity contribution in [2.75, 3.05) is 44.2 Å². The van der Waals surface area contributed by atoms with E-state index in [9.17, 15) is 4.79 Å². The van der Waals surface area contributed by atoms with Crippen molar-refractivity contribution < 1.29 is 4.79 Å². The first-order chi connectivity index (χ1) is 14.0. The van der Waals surface area contributed by atoms with Gasteiger partial charge in [0.1, 0.15) is 0 Å². The summed E-state index contributed by atoms with van der Waals surface area (Å²) in [5, 5.41) is 0. The van der Waals surface area contributed by atoms with Gasteiger partial charge in [0.05, 0.1) is 11.2 Å². The van der Waals surface area contributed by atoms with Crippen LogP contribution in [0.4, 0.5) is 5.69 Å². The van der Waals surface area contributed by atoms with Crippen LogP contribution in [0.5, 0.6) is 0 Å². The minimum absolute atomic E-state index is 0.0508. The number of hydrogen-bond donors (Lipinski definition) is 0. The third kappa shape index (κ3) is 4.00. The van der Waals surface area contributed by atoms with Crippen LogP contribution in [0.1, 0.15) is 36.7 Å². The molecule has 29 heavy (non-hydrogen) atoms. The van der Waals surface area contributed by atoms with Crippen LogP contribution >= 0.6 is 0 Å². The van der Waals surface area contributed by atoms with Crippen LogP contribution in [0.15, 0.2) is 60.7 Å². The molecule has 152 valence electrons. The van der Waals surface area contributed by atoms with Crippen molar-refractivity contribution in [3.05, 3.63) is 71.8 Å². The Balaban J connectivity index is 1.65. The number of nitrogens with zero attached hydrogens (tertiary/aromatic N) is 3. The Labute approximate surface area is 174 Å². The van der Waals surface area contributed by atoms with Gasteiger partial charge in [-0.15, -0.1) is 0 Å². The first-order valence-corrected chi connectivity index (χ1v) is 10.6. The SMILES string of the molecule is CCN1CCN(CC2=CC(C)(C)N(C(=O)c3ccccc3)c3ccccc32)CC1. The molecule has 2 heterocycles. The summed E-state index contributed by atoms with van der Waals surface area (Å²) in [7, 11) is 0. The number of amides is 1. The molecule has 0 atom stereocenters. The standard InChI is InChI=1S/C25H31N3O/c1-4-26-14-16-27(17-15-26)19-21-18-25(2,3)28(23-13-9-8-12-22(21)23)24(29)20-10-6-5-7-11-20/h5-13,18H,4,14-17,19H2,1-3H3. The summed E-state index contributed by atoms with van der Waals surface area (Å²) in [4.78, 5) is 20.4. The number of carbonyl (C=O) groups is 1. The van der Waals surface area contributed by atoms with E-state index >= 15 is 0 Å². The Kier molecular flexibility index (Phi) is 5.57. The molecule has 1 saturated heterocycles. The van der Waals surface area contributed by atoms with E-state index in [1.807, 2.05) is 41.3 Å². The van der Waals surface area contributed by atoms with Crippen molar-refractivity contribution in [3.63, 3.8) is 0 Å². The summed E-state index contributed by atoms with van der Waals surface area (Å²) < 4.78 is 0. The third-order valence-electron chi connectivity index (χ3n) is 6.12. The fourth-order valence-corrected chi connectivity index (χ4v) is 4.54. The lowest BCUT2D eigenvalue weighted by Crippen LogP contribution is -2.50. The predicted molar refractivity (Wildman–Crippen MR) is 120 cm³/mol. The predicted octanol–water partition coefficient (Wildman–Crippen LogP) is 4.15. The molecular formula is C25H31N3O. The summed E-state index contributed by atoms with van der Waals surface area (Å²) in [5.41, 5.74) is 3.85. The Morgan fingerprint density at radius 3 is 2.21 bits per heavy atom. The summed E-state index contributed by atoms with van der Waals surface area (Å²) >= 11 is 0. The summed E-state index contributed by atoms with van der Waals surface area (Å²) in [6.45, 7) is 13.0. The fraction of sp³-hybridized carbons (Fsp3) is 0.400. The van der Waals surface area contributed by atoms with Crippen molar-refractivity contribution in [1.29, 1.82) is 0 Å². The molecule has 0 aliphatic carbocycles. The number of anilines is 1. The van der Waals surface area contributed by atoms with Crippen molar-refractivity contribution in [3.8, 4) is 0 Å². The van der Waals surface area contributed by atoms with Crippen LogP contribution in [-0.4, -0.2) is 60.5 Å². The smallest absolute Gasteiger partial charge is 0.259 e. The van der Waals surface area contributed by atoms with Crippen LogP contribution in [0.25, 0.3) is 5.57 Å². The second-order valence-electron chi connectivity index (χ2n) is 8.56. The number of piperazine rings is 1.